The molecule has 1 aromatic rings. The van der Waals surface area contributed by atoms with Gasteiger partial charge in [0.25, 0.3) is 0 Å². The normalized spacial score (nSPS) is 20.6. The molecule has 1 unspecified atom stereocenters. The lowest BCUT2D eigenvalue weighted by Gasteiger charge is -2.32. The van der Waals surface area contributed by atoms with Crippen molar-refractivity contribution >= 4 is 5.97 Å². The van der Waals surface area contributed by atoms with Gasteiger partial charge in [-0.3, -0.25) is 9.69 Å². The van der Waals surface area contributed by atoms with Gasteiger partial charge in [0.2, 0.25) is 0 Å². The van der Waals surface area contributed by atoms with E-state index < -0.39 is 12.0 Å². The molecule has 98 valence electrons. The van der Waals surface area contributed by atoms with Crippen LogP contribution in [0.4, 0.5) is 0 Å². The Labute approximate surface area is 106 Å². The van der Waals surface area contributed by atoms with Gasteiger partial charge < -0.3 is 14.6 Å². The highest BCUT2D eigenvalue weighted by molar-refractivity contribution is 5.73. The van der Waals surface area contributed by atoms with Crippen molar-refractivity contribution in [2.45, 2.75) is 6.04 Å². The minimum absolute atomic E-state index is 0.251. The quantitative estimate of drug-likeness (QED) is 0.840. The van der Waals surface area contributed by atoms with Crippen LogP contribution in [0.3, 0.4) is 0 Å². The molecule has 0 radical (unpaired) electrons. The first-order valence-corrected chi connectivity index (χ1v) is 6.00. The van der Waals surface area contributed by atoms with Crippen molar-refractivity contribution in [2.24, 2.45) is 0 Å². The van der Waals surface area contributed by atoms with Gasteiger partial charge in [-0.25, -0.2) is 0 Å². The monoisotopic (exact) mass is 251 g/mol. The second-order valence-electron chi connectivity index (χ2n) is 4.13. The SMILES string of the molecule is O=C(O)C1COCCN1CCOc1ccccc1. The lowest BCUT2D eigenvalue weighted by Crippen LogP contribution is -2.51. The Morgan fingerprint density at radius 2 is 2.22 bits per heavy atom. The van der Waals surface area contributed by atoms with Crippen LogP contribution in [0.2, 0.25) is 0 Å². The number of nitrogens with zero attached hydrogens (tertiary/aromatic N) is 1. The van der Waals surface area contributed by atoms with Gasteiger partial charge in [0.1, 0.15) is 18.4 Å². The van der Waals surface area contributed by atoms with Gasteiger partial charge in [-0.05, 0) is 12.1 Å². The third kappa shape index (κ3) is 3.45. The molecule has 1 heterocycles. The van der Waals surface area contributed by atoms with E-state index in [9.17, 15) is 4.79 Å². The molecule has 1 aliphatic heterocycles. The maximum Gasteiger partial charge on any atom is 0.323 e. The van der Waals surface area contributed by atoms with E-state index in [0.29, 0.717) is 26.3 Å². The summed E-state index contributed by atoms with van der Waals surface area (Å²) in [5, 5.41) is 9.06. The van der Waals surface area contributed by atoms with Crippen LogP contribution < -0.4 is 4.74 Å². The molecule has 0 saturated carbocycles. The van der Waals surface area contributed by atoms with E-state index in [2.05, 4.69) is 0 Å². The summed E-state index contributed by atoms with van der Waals surface area (Å²) in [6.07, 6.45) is 0. The third-order valence-electron chi connectivity index (χ3n) is 2.91. The number of hydrogen-bond acceptors (Lipinski definition) is 4. The van der Waals surface area contributed by atoms with Gasteiger partial charge in [-0.2, -0.15) is 0 Å². The number of hydrogen-bond donors (Lipinski definition) is 1. The highest BCUT2D eigenvalue weighted by Gasteiger charge is 2.28. The lowest BCUT2D eigenvalue weighted by atomic mass is 10.2. The van der Waals surface area contributed by atoms with Crippen molar-refractivity contribution in [1.29, 1.82) is 0 Å². The number of carboxylic acid groups (broad SMARTS) is 1. The zero-order valence-corrected chi connectivity index (χ0v) is 10.1. The fourth-order valence-corrected chi connectivity index (χ4v) is 1.93. The van der Waals surface area contributed by atoms with Crippen LogP contribution in [0.1, 0.15) is 0 Å². The number of benzene rings is 1. The summed E-state index contributed by atoms with van der Waals surface area (Å²) in [6, 6.07) is 8.95. The molecule has 1 aliphatic rings. The van der Waals surface area contributed by atoms with E-state index in [1.54, 1.807) is 0 Å². The minimum Gasteiger partial charge on any atom is -0.492 e. The van der Waals surface area contributed by atoms with Crippen LogP contribution in [0.15, 0.2) is 30.3 Å². The maximum atomic E-state index is 11.0. The average Bonchev–Trinajstić information content (AvgIpc) is 2.40. The van der Waals surface area contributed by atoms with Crippen molar-refractivity contribution in [3.05, 3.63) is 30.3 Å². The second-order valence-corrected chi connectivity index (χ2v) is 4.13. The summed E-state index contributed by atoms with van der Waals surface area (Å²) in [7, 11) is 0. The van der Waals surface area contributed by atoms with Crippen LogP contribution >= 0.6 is 0 Å². The fourth-order valence-electron chi connectivity index (χ4n) is 1.93. The standard InChI is InChI=1S/C13H17NO4/c15-13(16)12-10-17-8-6-14(12)7-9-18-11-4-2-1-3-5-11/h1-5,12H,6-10H2,(H,15,16). The average molecular weight is 251 g/mol. The summed E-state index contributed by atoms with van der Waals surface area (Å²) in [5.41, 5.74) is 0. The molecule has 5 heteroatoms. The van der Waals surface area contributed by atoms with Crippen LogP contribution in [0, 0.1) is 0 Å². The van der Waals surface area contributed by atoms with Gasteiger partial charge in [0, 0.05) is 13.1 Å². The van der Waals surface area contributed by atoms with E-state index in [1.165, 1.54) is 0 Å². The summed E-state index contributed by atoms with van der Waals surface area (Å²) < 4.78 is 10.7. The first-order chi connectivity index (χ1) is 8.77. The molecule has 1 aromatic carbocycles. The van der Waals surface area contributed by atoms with E-state index in [-0.39, 0.29) is 6.61 Å². The van der Waals surface area contributed by atoms with Crippen LogP contribution in [-0.4, -0.2) is 54.9 Å². The van der Waals surface area contributed by atoms with E-state index in [4.69, 9.17) is 14.6 Å². The van der Waals surface area contributed by atoms with Gasteiger partial charge in [-0.1, -0.05) is 18.2 Å². The number of para-hydroxylation sites is 1. The Bertz CT molecular complexity index is 382. The number of carbonyl (C=O) groups is 1. The van der Waals surface area contributed by atoms with Gasteiger partial charge >= 0.3 is 5.97 Å². The zero-order valence-electron chi connectivity index (χ0n) is 10.1. The summed E-state index contributed by atoms with van der Waals surface area (Å²) in [6.45, 7) is 2.54. The van der Waals surface area contributed by atoms with E-state index in [1.807, 2.05) is 35.2 Å². The Hall–Kier alpha value is -1.59. The largest absolute Gasteiger partial charge is 0.492 e. The Morgan fingerprint density at radius 1 is 1.44 bits per heavy atom. The minimum atomic E-state index is -0.839. The van der Waals surface area contributed by atoms with Crippen LogP contribution in [-0.2, 0) is 9.53 Å². The molecular weight excluding hydrogens is 234 g/mol. The van der Waals surface area contributed by atoms with Crippen molar-refractivity contribution in [1.82, 2.24) is 4.90 Å². The van der Waals surface area contributed by atoms with Gasteiger partial charge in [0.05, 0.1) is 13.2 Å². The third-order valence-corrected chi connectivity index (χ3v) is 2.91. The Kier molecular flexibility index (Phi) is 4.55. The van der Waals surface area contributed by atoms with Crippen molar-refractivity contribution in [3.63, 3.8) is 0 Å². The topological polar surface area (TPSA) is 59.0 Å². The Balaban J connectivity index is 1.79. The highest BCUT2D eigenvalue weighted by atomic mass is 16.5. The lowest BCUT2D eigenvalue weighted by molar-refractivity contribution is -0.149. The predicted octanol–water partition coefficient (Wildman–Crippen LogP) is 0.851. The number of carboxylic acids is 1. The van der Waals surface area contributed by atoms with E-state index in [0.717, 1.165) is 5.75 Å². The van der Waals surface area contributed by atoms with E-state index >= 15 is 0 Å². The first-order valence-electron chi connectivity index (χ1n) is 6.00. The molecule has 5 nitrogen and oxygen atoms in total. The molecule has 1 fully saturated rings. The molecule has 1 atom stereocenters. The van der Waals surface area contributed by atoms with Crippen molar-refractivity contribution in [2.75, 3.05) is 32.9 Å². The number of ether oxygens (including phenoxy) is 2. The summed E-state index contributed by atoms with van der Waals surface area (Å²) in [4.78, 5) is 12.9. The maximum absolute atomic E-state index is 11.0. The van der Waals surface area contributed by atoms with Gasteiger partial charge in [0.15, 0.2) is 0 Å². The number of rotatable bonds is 5. The molecule has 0 spiro atoms. The van der Waals surface area contributed by atoms with Crippen LogP contribution in [0.25, 0.3) is 0 Å². The first kappa shape index (κ1) is 12.9. The van der Waals surface area contributed by atoms with Crippen LogP contribution in [0.5, 0.6) is 5.75 Å². The zero-order chi connectivity index (χ0) is 12.8. The smallest absolute Gasteiger partial charge is 0.323 e. The number of morpholine rings is 1. The molecule has 0 amide bonds. The molecule has 18 heavy (non-hydrogen) atoms. The summed E-state index contributed by atoms with van der Waals surface area (Å²) >= 11 is 0. The van der Waals surface area contributed by atoms with Crippen molar-refractivity contribution < 1.29 is 19.4 Å². The molecule has 0 aliphatic carbocycles. The number of aliphatic carboxylic acids is 1. The highest BCUT2D eigenvalue weighted by Crippen LogP contribution is 2.10. The summed E-state index contributed by atoms with van der Waals surface area (Å²) in [5.74, 6) is -0.0351. The van der Waals surface area contributed by atoms with Crippen molar-refractivity contribution in [3.8, 4) is 5.75 Å². The molecule has 1 N–H and O–H groups in total. The molecule has 0 aromatic heterocycles. The Morgan fingerprint density at radius 3 is 2.94 bits per heavy atom. The fraction of sp³-hybridized carbons (Fsp3) is 0.462. The van der Waals surface area contributed by atoms with Gasteiger partial charge in [-0.15, -0.1) is 0 Å². The second kappa shape index (κ2) is 6.37. The molecule has 1 saturated heterocycles. The molecule has 2 rings (SSSR count). The predicted molar refractivity (Wildman–Crippen MR) is 65.8 cm³/mol. The molecular formula is C13H17NO4. The molecule has 0 bridgehead atoms.